The molecule has 0 aliphatic carbocycles. The molecule has 17 heavy (non-hydrogen) atoms. The lowest BCUT2D eigenvalue weighted by molar-refractivity contribution is -0.129. The van der Waals surface area contributed by atoms with E-state index in [0.29, 0.717) is 0 Å². The quantitative estimate of drug-likeness (QED) is 0.713. The van der Waals surface area contributed by atoms with Gasteiger partial charge in [-0.1, -0.05) is 26.3 Å². The Labute approximate surface area is 105 Å². The van der Waals surface area contributed by atoms with Crippen molar-refractivity contribution in [2.45, 2.75) is 59.5 Å². The highest BCUT2D eigenvalue weighted by Crippen LogP contribution is 2.25. The highest BCUT2D eigenvalue weighted by molar-refractivity contribution is 5.88. The smallest absolute Gasteiger partial charge is 0.246 e. The van der Waals surface area contributed by atoms with Crippen molar-refractivity contribution in [3.05, 3.63) is 11.6 Å². The van der Waals surface area contributed by atoms with Crippen molar-refractivity contribution in [3.8, 4) is 0 Å². The van der Waals surface area contributed by atoms with Gasteiger partial charge in [0.1, 0.15) is 0 Å². The lowest BCUT2D eigenvalue weighted by atomic mass is 9.87. The number of likely N-dealkylation sites (tertiary alicyclic amines) is 1. The summed E-state index contributed by atoms with van der Waals surface area (Å²) < 4.78 is 0. The Bertz CT molecular complexity index is 315. The van der Waals surface area contributed by atoms with Crippen molar-refractivity contribution in [2.24, 2.45) is 11.1 Å². The predicted molar refractivity (Wildman–Crippen MR) is 71.6 cm³/mol. The Balaban J connectivity index is 2.71. The third kappa shape index (κ3) is 3.84. The minimum atomic E-state index is 0.0606. The molecular weight excluding hydrogens is 212 g/mol. The Morgan fingerprint density at radius 1 is 1.41 bits per heavy atom. The first kappa shape index (κ1) is 14.2. The molecule has 1 aliphatic heterocycles. The molecule has 3 nitrogen and oxygen atoms in total. The Hall–Kier alpha value is -0.830. The monoisotopic (exact) mass is 238 g/mol. The van der Waals surface area contributed by atoms with Crippen molar-refractivity contribution >= 4 is 5.91 Å². The average molecular weight is 238 g/mol. The van der Waals surface area contributed by atoms with Gasteiger partial charge in [0.2, 0.25) is 5.91 Å². The van der Waals surface area contributed by atoms with Crippen LogP contribution in [0.25, 0.3) is 0 Å². The topological polar surface area (TPSA) is 46.3 Å². The number of amides is 1. The van der Waals surface area contributed by atoms with E-state index in [4.69, 9.17) is 5.73 Å². The second-order valence-electron chi connectivity index (χ2n) is 6.24. The van der Waals surface area contributed by atoms with Gasteiger partial charge in [-0.05, 0) is 32.1 Å². The number of nitrogens with two attached hydrogens (primary N) is 1. The molecule has 1 amide bonds. The molecule has 1 aliphatic rings. The van der Waals surface area contributed by atoms with Crippen LogP contribution >= 0.6 is 0 Å². The molecule has 0 bridgehead atoms. The average Bonchev–Trinajstić information content (AvgIpc) is 2.15. The zero-order valence-electron chi connectivity index (χ0n) is 11.8. The van der Waals surface area contributed by atoms with Gasteiger partial charge in [-0.2, -0.15) is 0 Å². The van der Waals surface area contributed by atoms with Gasteiger partial charge in [0.05, 0.1) is 0 Å². The van der Waals surface area contributed by atoms with Gasteiger partial charge in [0.25, 0.3) is 0 Å². The fourth-order valence-electron chi connectivity index (χ4n) is 2.02. The van der Waals surface area contributed by atoms with Crippen LogP contribution in [-0.4, -0.2) is 29.4 Å². The van der Waals surface area contributed by atoms with Crippen LogP contribution in [0, 0.1) is 5.41 Å². The Morgan fingerprint density at radius 3 is 2.47 bits per heavy atom. The Kier molecular flexibility index (Phi) is 4.36. The second kappa shape index (κ2) is 5.21. The summed E-state index contributed by atoms with van der Waals surface area (Å²) in [5, 5.41) is 0. The summed E-state index contributed by atoms with van der Waals surface area (Å²) in [6.45, 7) is 11.3. The minimum Gasteiger partial charge on any atom is -0.336 e. The summed E-state index contributed by atoms with van der Waals surface area (Å²) in [6, 6.07) is 0.511. The molecule has 0 aromatic heterocycles. The third-order valence-corrected chi connectivity index (χ3v) is 3.72. The largest absolute Gasteiger partial charge is 0.336 e. The van der Waals surface area contributed by atoms with Crippen LogP contribution in [0.5, 0.6) is 0 Å². The minimum absolute atomic E-state index is 0.0606. The summed E-state index contributed by atoms with van der Waals surface area (Å²) in [6.07, 6.45) is 3.61. The number of nitrogens with zero attached hydrogens (tertiary/aromatic N) is 1. The molecule has 0 saturated carbocycles. The molecule has 1 heterocycles. The van der Waals surface area contributed by atoms with Gasteiger partial charge in [0, 0.05) is 24.7 Å². The number of carbonyl (C=O) groups is 1. The van der Waals surface area contributed by atoms with E-state index in [0.717, 1.165) is 25.0 Å². The van der Waals surface area contributed by atoms with E-state index in [-0.39, 0.29) is 23.4 Å². The first-order chi connectivity index (χ1) is 7.71. The van der Waals surface area contributed by atoms with Crippen LogP contribution in [0.4, 0.5) is 0 Å². The van der Waals surface area contributed by atoms with Gasteiger partial charge < -0.3 is 10.6 Å². The summed E-state index contributed by atoms with van der Waals surface area (Å²) in [7, 11) is 0. The summed E-state index contributed by atoms with van der Waals surface area (Å²) in [5.41, 5.74) is 7.09. The van der Waals surface area contributed by atoms with Gasteiger partial charge in [-0.3, -0.25) is 4.79 Å². The molecule has 2 N–H and O–H groups in total. The molecule has 2 unspecified atom stereocenters. The predicted octanol–water partition coefficient (Wildman–Crippen LogP) is 2.32. The lowest BCUT2D eigenvalue weighted by Gasteiger charge is -2.36. The van der Waals surface area contributed by atoms with Gasteiger partial charge >= 0.3 is 0 Å². The molecule has 1 rings (SSSR count). The van der Waals surface area contributed by atoms with Crippen LogP contribution in [0.2, 0.25) is 0 Å². The second-order valence-corrected chi connectivity index (χ2v) is 6.24. The lowest BCUT2D eigenvalue weighted by Crippen LogP contribution is -2.47. The van der Waals surface area contributed by atoms with Crippen molar-refractivity contribution in [1.82, 2.24) is 4.90 Å². The molecule has 1 fully saturated rings. The van der Waals surface area contributed by atoms with E-state index < -0.39 is 0 Å². The zero-order chi connectivity index (χ0) is 13.2. The van der Waals surface area contributed by atoms with E-state index in [1.165, 1.54) is 0 Å². The van der Waals surface area contributed by atoms with Crippen molar-refractivity contribution in [2.75, 3.05) is 6.54 Å². The fourth-order valence-corrected chi connectivity index (χ4v) is 2.02. The van der Waals surface area contributed by atoms with Crippen LogP contribution < -0.4 is 5.73 Å². The maximum absolute atomic E-state index is 12.2. The standard InChI is InChI=1S/C14H26N2O/c1-10(14(3,4)5)8-13(17)16-7-6-12(15)9-11(16)2/h8,11-12H,6-7,9,15H2,1-5H3/b10-8+. The van der Waals surface area contributed by atoms with Gasteiger partial charge in [-0.25, -0.2) is 0 Å². The highest BCUT2D eigenvalue weighted by atomic mass is 16.2. The van der Waals surface area contributed by atoms with Crippen LogP contribution in [0.1, 0.15) is 47.5 Å². The van der Waals surface area contributed by atoms with Crippen molar-refractivity contribution in [1.29, 1.82) is 0 Å². The first-order valence-corrected chi connectivity index (χ1v) is 6.46. The SMILES string of the molecule is C/C(=C\C(=O)N1CCC(N)CC1C)C(C)(C)C. The maximum atomic E-state index is 12.2. The molecule has 98 valence electrons. The van der Waals surface area contributed by atoms with Gasteiger partial charge in [-0.15, -0.1) is 0 Å². The maximum Gasteiger partial charge on any atom is 0.246 e. The molecule has 1 saturated heterocycles. The summed E-state index contributed by atoms with van der Waals surface area (Å²) >= 11 is 0. The first-order valence-electron chi connectivity index (χ1n) is 6.46. The number of allylic oxidation sites excluding steroid dienone is 1. The molecule has 2 atom stereocenters. The van der Waals surface area contributed by atoms with E-state index in [1.807, 2.05) is 11.8 Å². The van der Waals surface area contributed by atoms with Crippen LogP contribution in [-0.2, 0) is 4.79 Å². The molecule has 3 heteroatoms. The summed E-state index contributed by atoms with van der Waals surface area (Å²) in [4.78, 5) is 14.1. The number of hydrogen-bond donors (Lipinski definition) is 1. The van der Waals surface area contributed by atoms with E-state index in [1.54, 1.807) is 6.08 Å². The zero-order valence-corrected chi connectivity index (χ0v) is 11.8. The number of carbonyl (C=O) groups excluding carboxylic acids is 1. The van der Waals surface area contributed by atoms with Crippen molar-refractivity contribution < 1.29 is 4.79 Å². The Morgan fingerprint density at radius 2 is 2.00 bits per heavy atom. The van der Waals surface area contributed by atoms with E-state index in [2.05, 4.69) is 27.7 Å². The van der Waals surface area contributed by atoms with E-state index >= 15 is 0 Å². The number of piperidine rings is 1. The highest BCUT2D eigenvalue weighted by Gasteiger charge is 2.26. The fraction of sp³-hybridized carbons (Fsp3) is 0.786. The third-order valence-electron chi connectivity index (χ3n) is 3.72. The molecule has 0 aromatic carbocycles. The summed E-state index contributed by atoms with van der Waals surface area (Å²) in [5.74, 6) is 0.136. The molecule has 0 aromatic rings. The molecule has 0 spiro atoms. The number of hydrogen-bond acceptors (Lipinski definition) is 2. The van der Waals surface area contributed by atoms with Crippen LogP contribution in [0.15, 0.2) is 11.6 Å². The van der Waals surface area contributed by atoms with Gasteiger partial charge in [0.15, 0.2) is 0 Å². The number of rotatable bonds is 1. The normalized spacial score (nSPS) is 27.2. The molecular formula is C14H26N2O. The van der Waals surface area contributed by atoms with Crippen molar-refractivity contribution in [3.63, 3.8) is 0 Å². The van der Waals surface area contributed by atoms with E-state index in [9.17, 15) is 4.79 Å². The molecule has 0 radical (unpaired) electrons. The van der Waals surface area contributed by atoms with Crippen LogP contribution in [0.3, 0.4) is 0 Å².